The standard InChI is InChI=1S/C18H23N3O2/c1-5-12-6-14(9-19-8-12)20-10-13-7-16(18(2,3)4)21(17(22)23)15(13)11-20/h1,6,8-9,13,15-16H,7,10-11H2,2-4H3,(H,22,23)/t13-,15+,16?/m1/s1. The molecule has 3 atom stereocenters. The van der Waals surface area contributed by atoms with E-state index in [0.29, 0.717) is 12.5 Å². The zero-order valence-electron chi connectivity index (χ0n) is 13.9. The molecule has 2 saturated heterocycles. The number of fused-ring (bicyclic) bond motifs is 1. The topological polar surface area (TPSA) is 56.7 Å². The van der Waals surface area contributed by atoms with Gasteiger partial charge in [0, 0.05) is 36.8 Å². The second-order valence-electron chi connectivity index (χ2n) is 7.62. The van der Waals surface area contributed by atoms with Gasteiger partial charge in [-0.15, -0.1) is 6.42 Å². The molecule has 0 bridgehead atoms. The van der Waals surface area contributed by atoms with Gasteiger partial charge in [-0.2, -0.15) is 0 Å². The third-order valence-electron chi connectivity index (χ3n) is 5.10. The first-order valence-corrected chi connectivity index (χ1v) is 7.99. The summed E-state index contributed by atoms with van der Waals surface area (Å²) in [4.78, 5) is 19.9. The van der Waals surface area contributed by atoms with Gasteiger partial charge in [-0.1, -0.05) is 26.7 Å². The number of amides is 1. The number of pyridine rings is 1. The number of anilines is 1. The zero-order valence-corrected chi connectivity index (χ0v) is 13.9. The summed E-state index contributed by atoms with van der Waals surface area (Å²) in [6.45, 7) is 7.92. The fraction of sp³-hybridized carbons (Fsp3) is 0.556. The van der Waals surface area contributed by atoms with Gasteiger partial charge in [0.2, 0.25) is 0 Å². The lowest BCUT2D eigenvalue weighted by Crippen LogP contribution is -2.48. The number of carbonyl (C=O) groups is 1. The molecule has 2 aliphatic rings. The number of carboxylic acid groups (broad SMARTS) is 1. The van der Waals surface area contributed by atoms with Gasteiger partial charge in [0.25, 0.3) is 0 Å². The number of hydrogen-bond acceptors (Lipinski definition) is 3. The van der Waals surface area contributed by atoms with Gasteiger partial charge in [-0.3, -0.25) is 9.88 Å². The molecule has 0 radical (unpaired) electrons. The van der Waals surface area contributed by atoms with E-state index in [0.717, 1.165) is 24.2 Å². The molecule has 23 heavy (non-hydrogen) atoms. The van der Waals surface area contributed by atoms with Crippen LogP contribution in [-0.2, 0) is 0 Å². The van der Waals surface area contributed by atoms with E-state index in [1.54, 1.807) is 17.3 Å². The van der Waals surface area contributed by atoms with Gasteiger partial charge in [-0.25, -0.2) is 4.79 Å². The number of hydrogen-bond donors (Lipinski definition) is 1. The first-order chi connectivity index (χ1) is 10.8. The second-order valence-corrected chi connectivity index (χ2v) is 7.62. The van der Waals surface area contributed by atoms with Crippen molar-refractivity contribution in [1.29, 1.82) is 0 Å². The first kappa shape index (κ1) is 15.7. The van der Waals surface area contributed by atoms with Crippen molar-refractivity contribution in [1.82, 2.24) is 9.88 Å². The summed E-state index contributed by atoms with van der Waals surface area (Å²) in [5, 5.41) is 9.70. The lowest BCUT2D eigenvalue weighted by Gasteiger charge is -2.36. The van der Waals surface area contributed by atoms with Crippen molar-refractivity contribution in [2.24, 2.45) is 11.3 Å². The normalized spacial score (nSPS) is 27.0. The van der Waals surface area contributed by atoms with E-state index in [-0.39, 0.29) is 17.5 Å². The molecule has 5 heteroatoms. The highest BCUT2D eigenvalue weighted by atomic mass is 16.4. The second kappa shape index (κ2) is 5.45. The molecule has 0 saturated carbocycles. The quantitative estimate of drug-likeness (QED) is 0.810. The van der Waals surface area contributed by atoms with Crippen LogP contribution in [0.1, 0.15) is 32.8 Å². The van der Waals surface area contributed by atoms with Gasteiger partial charge >= 0.3 is 6.09 Å². The van der Waals surface area contributed by atoms with E-state index < -0.39 is 6.09 Å². The summed E-state index contributed by atoms with van der Waals surface area (Å²) in [7, 11) is 0. The molecular formula is C18H23N3O2. The van der Waals surface area contributed by atoms with Crippen molar-refractivity contribution in [3.8, 4) is 12.3 Å². The van der Waals surface area contributed by atoms with Gasteiger partial charge < -0.3 is 10.0 Å². The minimum atomic E-state index is -0.810. The van der Waals surface area contributed by atoms with Crippen LogP contribution in [0, 0.1) is 23.7 Å². The summed E-state index contributed by atoms with van der Waals surface area (Å²) < 4.78 is 0. The Balaban J connectivity index is 1.83. The largest absolute Gasteiger partial charge is 0.465 e. The smallest absolute Gasteiger partial charge is 0.407 e. The van der Waals surface area contributed by atoms with Crippen molar-refractivity contribution in [2.75, 3.05) is 18.0 Å². The maximum absolute atomic E-state index is 11.8. The Morgan fingerprint density at radius 1 is 1.39 bits per heavy atom. The molecule has 0 aromatic carbocycles. The summed E-state index contributed by atoms with van der Waals surface area (Å²) in [6.07, 6.45) is 9.01. The van der Waals surface area contributed by atoms with Crippen LogP contribution < -0.4 is 4.90 Å². The molecule has 0 spiro atoms. The summed E-state index contributed by atoms with van der Waals surface area (Å²) in [5.74, 6) is 2.97. The Bertz CT molecular complexity index is 659. The number of terminal acetylenes is 1. The maximum Gasteiger partial charge on any atom is 0.407 e. The molecule has 1 aromatic rings. The predicted octanol–water partition coefficient (Wildman–Crippen LogP) is 2.67. The Morgan fingerprint density at radius 3 is 2.74 bits per heavy atom. The first-order valence-electron chi connectivity index (χ1n) is 7.99. The number of nitrogens with zero attached hydrogens (tertiary/aromatic N) is 3. The van der Waals surface area contributed by atoms with Crippen molar-refractivity contribution in [3.63, 3.8) is 0 Å². The number of aromatic nitrogens is 1. The van der Waals surface area contributed by atoms with Crippen molar-refractivity contribution in [3.05, 3.63) is 24.0 Å². The Labute approximate surface area is 137 Å². The monoisotopic (exact) mass is 313 g/mol. The van der Waals surface area contributed by atoms with E-state index in [1.807, 2.05) is 6.07 Å². The predicted molar refractivity (Wildman–Crippen MR) is 89.4 cm³/mol. The molecule has 2 aliphatic heterocycles. The van der Waals surface area contributed by atoms with Crippen LogP contribution in [-0.4, -0.2) is 46.3 Å². The van der Waals surface area contributed by atoms with Gasteiger partial charge in [0.1, 0.15) is 0 Å². The molecule has 3 rings (SSSR count). The van der Waals surface area contributed by atoms with Crippen LogP contribution in [0.25, 0.3) is 0 Å². The summed E-state index contributed by atoms with van der Waals surface area (Å²) >= 11 is 0. The lowest BCUT2D eigenvalue weighted by molar-refractivity contribution is 0.0889. The van der Waals surface area contributed by atoms with Crippen LogP contribution in [0.5, 0.6) is 0 Å². The molecule has 3 heterocycles. The van der Waals surface area contributed by atoms with E-state index in [1.165, 1.54) is 0 Å². The summed E-state index contributed by atoms with van der Waals surface area (Å²) in [5.41, 5.74) is 1.69. The Morgan fingerprint density at radius 2 is 2.13 bits per heavy atom. The van der Waals surface area contributed by atoms with Crippen molar-refractivity contribution in [2.45, 2.75) is 39.3 Å². The highest BCUT2D eigenvalue weighted by Crippen LogP contribution is 2.43. The minimum absolute atomic E-state index is 0.0432. The average Bonchev–Trinajstić information content (AvgIpc) is 3.03. The minimum Gasteiger partial charge on any atom is -0.465 e. The van der Waals surface area contributed by atoms with Gasteiger partial charge in [-0.05, 0) is 17.9 Å². The molecule has 1 unspecified atom stereocenters. The maximum atomic E-state index is 11.8. The highest BCUT2D eigenvalue weighted by Gasteiger charge is 2.51. The summed E-state index contributed by atoms with van der Waals surface area (Å²) in [6, 6.07) is 2.07. The molecule has 122 valence electrons. The van der Waals surface area contributed by atoms with Gasteiger partial charge in [0.05, 0.1) is 17.9 Å². The third-order valence-corrected chi connectivity index (χ3v) is 5.10. The number of rotatable bonds is 1. The van der Waals surface area contributed by atoms with Crippen LogP contribution >= 0.6 is 0 Å². The van der Waals surface area contributed by atoms with E-state index >= 15 is 0 Å². The van der Waals surface area contributed by atoms with E-state index in [2.05, 4.69) is 36.6 Å². The van der Waals surface area contributed by atoms with Crippen LogP contribution in [0.15, 0.2) is 18.5 Å². The van der Waals surface area contributed by atoms with E-state index in [9.17, 15) is 9.90 Å². The fourth-order valence-electron chi connectivity index (χ4n) is 3.97. The average molecular weight is 313 g/mol. The van der Waals surface area contributed by atoms with Crippen LogP contribution in [0.2, 0.25) is 0 Å². The third kappa shape index (κ3) is 2.74. The highest BCUT2D eigenvalue weighted by molar-refractivity contribution is 5.67. The zero-order chi connectivity index (χ0) is 16.8. The fourth-order valence-corrected chi connectivity index (χ4v) is 3.97. The SMILES string of the molecule is C#Cc1cncc(N2C[C@H]3CC(C(C)(C)C)N(C(=O)O)[C@H]3C2)c1. The van der Waals surface area contributed by atoms with Crippen LogP contribution in [0.4, 0.5) is 10.5 Å². The lowest BCUT2D eigenvalue weighted by atomic mass is 9.84. The Kier molecular flexibility index (Phi) is 3.71. The van der Waals surface area contributed by atoms with Crippen LogP contribution in [0.3, 0.4) is 0 Å². The Hall–Kier alpha value is -2.22. The van der Waals surface area contributed by atoms with E-state index in [4.69, 9.17) is 6.42 Å². The molecule has 0 aliphatic carbocycles. The van der Waals surface area contributed by atoms with Gasteiger partial charge in [0.15, 0.2) is 0 Å². The molecule has 2 fully saturated rings. The molecule has 1 N–H and O–H groups in total. The number of likely N-dealkylation sites (tertiary alicyclic amines) is 1. The molecule has 1 amide bonds. The van der Waals surface area contributed by atoms with Crippen molar-refractivity contribution >= 4 is 11.8 Å². The molecular weight excluding hydrogens is 290 g/mol. The molecule has 1 aromatic heterocycles. The molecule has 5 nitrogen and oxygen atoms in total. The van der Waals surface area contributed by atoms with Crippen molar-refractivity contribution < 1.29 is 9.90 Å².